The molecule has 40 heavy (non-hydrogen) atoms. The molecule has 3 N–H and O–H groups in total. The molecular formula is C32H25N3O3S2. The van der Waals surface area contributed by atoms with Crippen LogP contribution >= 0.6 is 23.1 Å². The van der Waals surface area contributed by atoms with Crippen molar-refractivity contribution in [2.24, 2.45) is 0 Å². The van der Waals surface area contributed by atoms with Crippen molar-refractivity contribution in [1.29, 1.82) is 0 Å². The van der Waals surface area contributed by atoms with Gasteiger partial charge in [-0.1, -0.05) is 60.7 Å². The lowest BCUT2D eigenvalue weighted by molar-refractivity contribution is -0.114. The van der Waals surface area contributed by atoms with Gasteiger partial charge in [0, 0.05) is 27.2 Å². The fourth-order valence-electron chi connectivity index (χ4n) is 4.00. The van der Waals surface area contributed by atoms with Crippen molar-refractivity contribution in [2.75, 3.05) is 16.4 Å². The zero-order valence-corrected chi connectivity index (χ0v) is 22.9. The minimum absolute atomic E-state index is 0.125. The number of amides is 3. The second-order valence-corrected chi connectivity index (χ2v) is 10.6. The third-order valence-corrected chi connectivity index (χ3v) is 7.60. The second-order valence-electron chi connectivity index (χ2n) is 8.78. The molecule has 0 radical (unpaired) electrons. The molecule has 0 atom stereocenters. The van der Waals surface area contributed by atoms with Crippen LogP contribution in [0.1, 0.15) is 15.9 Å². The van der Waals surface area contributed by atoms with E-state index in [-0.39, 0.29) is 23.3 Å². The number of fused-ring (bicyclic) bond motifs is 1. The Labute approximate surface area is 240 Å². The van der Waals surface area contributed by atoms with E-state index in [2.05, 4.69) is 16.0 Å². The summed E-state index contributed by atoms with van der Waals surface area (Å²) < 4.78 is 0. The predicted octanol–water partition coefficient (Wildman–Crippen LogP) is 7.04. The summed E-state index contributed by atoms with van der Waals surface area (Å²) in [6, 6.07) is 31.6. The number of thioether (sulfide) groups is 1. The van der Waals surface area contributed by atoms with Crippen molar-refractivity contribution in [2.45, 2.75) is 4.90 Å². The zero-order valence-electron chi connectivity index (χ0n) is 21.3. The van der Waals surface area contributed by atoms with Crippen LogP contribution in [-0.2, 0) is 9.59 Å². The van der Waals surface area contributed by atoms with E-state index in [1.165, 1.54) is 23.1 Å². The molecule has 1 heterocycles. The number of nitrogens with one attached hydrogen (secondary N) is 3. The van der Waals surface area contributed by atoms with Gasteiger partial charge in [0.15, 0.2) is 0 Å². The molecule has 5 rings (SSSR count). The molecule has 0 unspecified atom stereocenters. The topological polar surface area (TPSA) is 87.3 Å². The number of carbonyl (C=O) groups is 3. The Bertz CT molecular complexity index is 1680. The maximum absolute atomic E-state index is 13.2. The highest BCUT2D eigenvalue weighted by Crippen LogP contribution is 2.25. The van der Waals surface area contributed by atoms with Crippen molar-refractivity contribution in [3.05, 3.63) is 131 Å². The van der Waals surface area contributed by atoms with E-state index in [0.29, 0.717) is 11.3 Å². The highest BCUT2D eigenvalue weighted by molar-refractivity contribution is 8.00. The summed E-state index contributed by atoms with van der Waals surface area (Å²) >= 11 is 2.87. The first-order chi connectivity index (χ1) is 19.5. The van der Waals surface area contributed by atoms with Gasteiger partial charge in [0.25, 0.3) is 11.8 Å². The molecule has 0 spiro atoms. The first-order valence-electron chi connectivity index (χ1n) is 12.5. The van der Waals surface area contributed by atoms with E-state index in [9.17, 15) is 14.4 Å². The fraction of sp³-hybridized carbons (Fsp3) is 0.0312. The zero-order chi connectivity index (χ0) is 27.7. The minimum Gasteiger partial charge on any atom is -0.325 e. The standard InChI is InChI=1S/C32H25N3O3S2/c36-30(34-28-15-6-11-23-8-4-5-14-27(23)28)21-40-26-13-7-12-25(19-26)33-32(38)29(18-22-16-17-39-20-22)35-31(37)24-9-2-1-3-10-24/h1-20H,21H2,(H,33,38)(H,34,36)(H,35,37)/b29-18-. The van der Waals surface area contributed by atoms with Gasteiger partial charge in [-0.05, 0) is 70.3 Å². The Morgan fingerprint density at radius 2 is 1.57 bits per heavy atom. The Balaban J connectivity index is 1.24. The third kappa shape index (κ3) is 7.05. The van der Waals surface area contributed by atoms with Crippen LogP contribution in [0.25, 0.3) is 16.8 Å². The van der Waals surface area contributed by atoms with Gasteiger partial charge < -0.3 is 16.0 Å². The SMILES string of the molecule is O=C(CSc1cccc(NC(=O)/C(=C/c2ccsc2)NC(=O)c2ccccc2)c1)Nc1cccc2ccccc12. The van der Waals surface area contributed by atoms with Gasteiger partial charge in [0.05, 0.1) is 5.75 Å². The van der Waals surface area contributed by atoms with E-state index in [1.807, 2.05) is 77.5 Å². The Kier molecular flexibility index (Phi) is 8.70. The van der Waals surface area contributed by atoms with Crippen molar-refractivity contribution >= 4 is 69.0 Å². The number of hydrogen-bond acceptors (Lipinski definition) is 5. The van der Waals surface area contributed by atoms with Crippen LogP contribution in [-0.4, -0.2) is 23.5 Å². The lowest BCUT2D eigenvalue weighted by atomic mass is 10.1. The molecule has 4 aromatic carbocycles. The molecule has 6 nitrogen and oxygen atoms in total. The van der Waals surface area contributed by atoms with E-state index in [4.69, 9.17) is 0 Å². The minimum atomic E-state index is -0.452. The first kappa shape index (κ1) is 26.9. The maximum Gasteiger partial charge on any atom is 0.272 e. The highest BCUT2D eigenvalue weighted by atomic mass is 32.2. The molecule has 0 saturated heterocycles. The van der Waals surface area contributed by atoms with Gasteiger partial charge in [-0.2, -0.15) is 11.3 Å². The highest BCUT2D eigenvalue weighted by Gasteiger charge is 2.16. The van der Waals surface area contributed by atoms with Crippen LogP contribution in [0, 0.1) is 0 Å². The molecular weight excluding hydrogens is 539 g/mol. The van der Waals surface area contributed by atoms with Gasteiger partial charge in [0.2, 0.25) is 5.91 Å². The fourth-order valence-corrected chi connectivity index (χ4v) is 5.37. The maximum atomic E-state index is 13.2. The molecule has 0 bridgehead atoms. The number of carbonyl (C=O) groups excluding carboxylic acids is 3. The van der Waals surface area contributed by atoms with Crippen LogP contribution in [0.4, 0.5) is 11.4 Å². The van der Waals surface area contributed by atoms with Gasteiger partial charge in [-0.25, -0.2) is 0 Å². The molecule has 0 aliphatic rings. The van der Waals surface area contributed by atoms with Gasteiger partial charge in [0.1, 0.15) is 5.70 Å². The predicted molar refractivity (Wildman–Crippen MR) is 165 cm³/mol. The molecule has 0 aliphatic heterocycles. The van der Waals surface area contributed by atoms with Crippen LogP contribution in [0.15, 0.2) is 124 Å². The summed E-state index contributed by atoms with van der Waals surface area (Å²) in [7, 11) is 0. The normalized spacial score (nSPS) is 11.2. The molecule has 5 aromatic rings. The average Bonchev–Trinajstić information content (AvgIpc) is 3.50. The largest absolute Gasteiger partial charge is 0.325 e. The van der Waals surface area contributed by atoms with Crippen LogP contribution in [0.2, 0.25) is 0 Å². The molecule has 0 fully saturated rings. The van der Waals surface area contributed by atoms with E-state index >= 15 is 0 Å². The number of benzene rings is 4. The summed E-state index contributed by atoms with van der Waals surface area (Å²) in [5.41, 5.74) is 2.71. The van der Waals surface area contributed by atoms with Crippen molar-refractivity contribution in [3.8, 4) is 0 Å². The van der Waals surface area contributed by atoms with E-state index in [0.717, 1.165) is 26.9 Å². The smallest absolute Gasteiger partial charge is 0.272 e. The van der Waals surface area contributed by atoms with Crippen LogP contribution in [0.3, 0.4) is 0 Å². The van der Waals surface area contributed by atoms with Crippen molar-refractivity contribution in [1.82, 2.24) is 5.32 Å². The summed E-state index contributed by atoms with van der Waals surface area (Å²) in [5.74, 6) is -0.748. The molecule has 0 saturated carbocycles. The van der Waals surface area contributed by atoms with Crippen molar-refractivity contribution < 1.29 is 14.4 Å². The molecule has 1 aromatic heterocycles. The lowest BCUT2D eigenvalue weighted by Gasteiger charge is -2.12. The van der Waals surface area contributed by atoms with Crippen molar-refractivity contribution in [3.63, 3.8) is 0 Å². The second kappa shape index (κ2) is 12.9. The lowest BCUT2D eigenvalue weighted by Crippen LogP contribution is -2.30. The average molecular weight is 564 g/mol. The summed E-state index contributed by atoms with van der Waals surface area (Å²) in [5, 5.41) is 14.4. The van der Waals surface area contributed by atoms with Crippen LogP contribution < -0.4 is 16.0 Å². The quantitative estimate of drug-likeness (QED) is 0.133. The molecule has 0 aliphatic carbocycles. The summed E-state index contributed by atoms with van der Waals surface area (Å²) in [4.78, 5) is 39.5. The number of rotatable bonds is 9. The number of hydrogen-bond donors (Lipinski definition) is 3. The molecule has 198 valence electrons. The molecule has 8 heteroatoms. The monoisotopic (exact) mass is 563 g/mol. The van der Waals surface area contributed by atoms with Crippen LogP contribution in [0.5, 0.6) is 0 Å². The van der Waals surface area contributed by atoms with Gasteiger partial charge >= 0.3 is 0 Å². The Morgan fingerprint density at radius 3 is 2.40 bits per heavy atom. The van der Waals surface area contributed by atoms with E-state index < -0.39 is 5.91 Å². The third-order valence-electron chi connectivity index (χ3n) is 5.91. The summed E-state index contributed by atoms with van der Waals surface area (Å²) in [6.45, 7) is 0. The molecule has 3 amide bonds. The Morgan fingerprint density at radius 1 is 0.800 bits per heavy atom. The summed E-state index contributed by atoms with van der Waals surface area (Å²) in [6.07, 6.45) is 1.64. The Hall–Kier alpha value is -4.66. The first-order valence-corrected chi connectivity index (χ1v) is 14.4. The van der Waals surface area contributed by atoms with Gasteiger partial charge in [-0.3, -0.25) is 14.4 Å². The van der Waals surface area contributed by atoms with E-state index in [1.54, 1.807) is 42.5 Å². The van der Waals surface area contributed by atoms with Gasteiger partial charge in [-0.15, -0.1) is 11.8 Å². The number of anilines is 2. The number of thiophene rings is 1.